The quantitative estimate of drug-likeness (QED) is 0.833. The van der Waals surface area contributed by atoms with Gasteiger partial charge in [0.25, 0.3) is 0 Å². The Labute approximate surface area is 104 Å². The second-order valence-electron chi connectivity index (χ2n) is 4.50. The Morgan fingerprint density at radius 2 is 2.24 bits per heavy atom. The standard InChI is InChI=1S/C15H21NO/c1-2-7-13-8-3-4-10-15(13)16-12-14-9-5-6-11-17-14/h3-4,6,8,10-11,14,16H,2,5,7,9,12H2,1H3. The van der Waals surface area contributed by atoms with Crippen LogP contribution in [0.25, 0.3) is 0 Å². The van der Waals surface area contributed by atoms with E-state index < -0.39 is 0 Å². The molecular formula is C15H21NO. The van der Waals surface area contributed by atoms with Crippen molar-refractivity contribution in [3.63, 3.8) is 0 Å². The molecule has 0 saturated carbocycles. The van der Waals surface area contributed by atoms with Crippen molar-refractivity contribution in [3.05, 3.63) is 42.2 Å². The van der Waals surface area contributed by atoms with Crippen molar-refractivity contribution in [1.82, 2.24) is 0 Å². The van der Waals surface area contributed by atoms with Crippen LogP contribution in [0.4, 0.5) is 5.69 Å². The lowest BCUT2D eigenvalue weighted by atomic mass is 10.1. The molecule has 0 radical (unpaired) electrons. The van der Waals surface area contributed by atoms with E-state index in [4.69, 9.17) is 4.74 Å². The molecule has 1 aromatic carbocycles. The van der Waals surface area contributed by atoms with Crippen molar-refractivity contribution in [2.45, 2.75) is 38.7 Å². The smallest absolute Gasteiger partial charge is 0.115 e. The number of allylic oxidation sites excluding steroid dienone is 1. The summed E-state index contributed by atoms with van der Waals surface area (Å²) in [6.07, 6.45) is 8.78. The summed E-state index contributed by atoms with van der Waals surface area (Å²) in [6, 6.07) is 8.55. The summed E-state index contributed by atoms with van der Waals surface area (Å²) in [6.45, 7) is 3.11. The summed E-state index contributed by atoms with van der Waals surface area (Å²) < 4.78 is 5.56. The van der Waals surface area contributed by atoms with Gasteiger partial charge < -0.3 is 10.1 Å². The van der Waals surface area contributed by atoms with Crippen LogP contribution < -0.4 is 5.32 Å². The lowest BCUT2D eigenvalue weighted by Gasteiger charge is -2.21. The summed E-state index contributed by atoms with van der Waals surface area (Å²) >= 11 is 0. The van der Waals surface area contributed by atoms with E-state index in [-0.39, 0.29) is 0 Å². The fourth-order valence-electron chi connectivity index (χ4n) is 2.14. The number of anilines is 1. The molecule has 0 aliphatic carbocycles. The molecule has 1 atom stereocenters. The van der Waals surface area contributed by atoms with Crippen molar-refractivity contribution in [2.75, 3.05) is 11.9 Å². The molecule has 1 aromatic rings. The molecule has 92 valence electrons. The van der Waals surface area contributed by atoms with Crippen molar-refractivity contribution < 1.29 is 4.74 Å². The third-order valence-corrected chi connectivity index (χ3v) is 3.08. The van der Waals surface area contributed by atoms with Gasteiger partial charge in [0.1, 0.15) is 6.10 Å². The zero-order chi connectivity index (χ0) is 11.9. The third-order valence-electron chi connectivity index (χ3n) is 3.08. The maximum atomic E-state index is 5.56. The lowest BCUT2D eigenvalue weighted by Crippen LogP contribution is -2.23. The molecule has 0 spiro atoms. The SMILES string of the molecule is CCCc1ccccc1NCC1CCC=CO1. The van der Waals surface area contributed by atoms with E-state index in [1.54, 1.807) is 0 Å². The minimum Gasteiger partial charge on any atom is -0.497 e. The van der Waals surface area contributed by atoms with E-state index in [1.165, 1.54) is 17.7 Å². The Bertz CT molecular complexity index is 373. The number of para-hydroxylation sites is 1. The predicted octanol–water partition coefficient (Wildman–Crippen LogP) is 3.74. The highest BCUT2D eigenvalue weighted by molar-refractivity contribution is 5.51. The number of benzene rings is 1. The first kappa shape index (κ1) is 12.0. The summed E-state index contributed by atoms with van der Waals surface area (Å²) in [7, 11) is 0. The Kier molecular flexibility index (Phi) is 4.48. The van der Waals surface area contributed by atoms with E-state index in [9.17, 15) is 0 Å². The Hall–Kier alpha value is -1.44. The largest absolute Gasteiger partial charge is 0.497 e. The van der Waals surface area contributed by atoms with Crippen molar-refractivity contribution in [3.8, 4) is 0 Å². The van der Waals surface area contributed by atoms with Gasteiger partial charge in [-0.1, -0.05) is 31.5 Å². The average molecular weight is 231 g/mol. The number of nitrogens with one attached hydrogen (secondary N) is 1. The van der Waals surface area contributed by atoms with Gasteiger partial charge in [-0.2, -0.15) is 0 Å². The van der Waals surface area contributed by atoms with Crippen LogP contribution >= 0.6 is 0 Å². The summed E-state index contributed by atoms with van der Waals surface area (Å²) in [5, 5.41) is 3.51. The molecular weight excluding hydrogens is 210 g/mol. The minimum absolute atomic E-state index is 0.315. The average Bonchev–Trinajstić information content (AvgIpc) is 2.39. The van der Waals surface area contributed by atoms with Gasteiger partial charge in [0.2, 0.25) is 0 Å². The molecule has 0 bridgehead atoms. The van der Waals surface area contributed by atoms with Crippen LogP contribution in [0.15, 0.2) is 36.6 Å². The van der Waals surface area contributed by atoms with Crippen LogP contribution in [0.3, 0.4) is 0 Å². The second kappa shape index (κ2) is 6.33. The van der Waals surface area contributed by atoms with Gasteiger partial charge in [-0.3, -0.25) is 0 Å². The summed E-state index contributed by atoms with van der Waals surface area (Å²) in [5.41, 5.74) is 2.66. The molecule has 1 aliphatic rings. The molecule has 1 unspecified atom stereocenters. The highest BCUT2D eigenvalue weighted by Crippen LogP contribution is 2.18. The Morgan fingerprint density at radius 1 is 1.35 bits per heavy atom. The highest BCUT2D eigenvalue weighted by atomic mass is 16.5. The van der Waals surface area contributed by atoms with Crippen LogP contribution in [0.1, 0.15) is 31.7 Å². The fraction of sp³-hybridized carbons (Fsp3) is 0.467. The van der Waals surface area contributed by atoms with Crippen molar-refractivity contribution in [2.24, 2.45) is 0 Å². The summed E-state index contributed by atoms with van der Waals surface area (Å²) in [4.78, 5) is 0. The maximum absolute atomic E-state index is 5.56. The van der Waals surface area contributed by atoms with Gasteiger partial charge in [0, 0.05) is 5.69 Å². The van der Waals surface area contributed by atoms with Gasteiger partial charge in [-0.15, -0.1) is 0 Å². The number of aryl methyl sites for hydroxylation is 1. The van der Waals surface area contributed by atoms with E-state index in [2.05, 4.69) is 42.6 Å². The normalized spacial score (nSPS) is 18.8. The number of rotatable bonds is 5. The van der Waals surface area contributed by atoms with Gasteiger partial charge in [0.15, 0.2) is 0 Å². The maximum Gasteiger partial charge on any atom is 0.115 e. The first-order valence-corrected chi connectivity index (χ1v) is 6.52. The van der Waals surface area contributed by atoms with Gasteiger partial charge in [-0.05, 0) is 37.0 Å². The minimum atomic E-state index is 0.315. The summed E-state index contributed by atoms with van der Waals surface area (Å²) in [5.74, 6) is 0. The third kappa shape index (κ3) is 3.52. The zero-order valence-corrected chi connectivity index (χ0v) is 10.5. The molecule has 0 aromatic heterocycles. The number of hydrogen-bond acceptors (Lipinski definition) is 2. The predicted molar refractivity (Wildman–Crippen MR) is 72.2 cm³/mol. The molecule has 0 saturated heterocycles. The number of hydrogen-bond donors (Lipinski definition) is 1. The van der Waals surface area contributed by atoms with Crippen LogP contribution in [-0.2, 0) is 11.2 Å². The van der Waals surface area contributed by atoms with E-state index in [0.717, 1.165) is 25.8 Å². The molecule has 0 fully saturated rings. The molecule has 0 amide bonds. The van der Waals surface area contributed by atoms with Crippen LogP contribution in [-0.4, -0.2) is 12.6 Å². The first-order valence-electron chi connectivity index (χ1n) is 6.52. The lowest BCUT2D eigenvalue weighted by molar-refractivity contribution is 0.135. The van der Waals surface area contributed by atoms with Gasteiger partial charge in [-0.25, -0.2) is 0 Å². The highest BCUT2D eigenvalue weighted by Gasteiger charge is 2.11. The topological polar surface area (TPSA) is 21.3 Å². The molecule has 1 N–H and O–H groups in total. The first-order chi connectivity index (χ1) is 8.40. The Morgan fingerprint density at radius 3 is 3.00 bits per heavy atom. The van der Waals surface area contributed by atoms with Crippen LogP contribution in [0.5, 0.6) is 0 Å². The molecule has 2 rings (SSSR count). The van der Waals surface area contributed by atoms with Gasteiger partial charge in [0.05, 0.1) is 12.8 Å². The molecule has 2 nitrogen and oxygen atoms in total. The fourth-order valence-corrected chi connectivity index (χ4v) is 2.14. The van der Waals surface area contributed by atoms with E-state index in [0.29, 0.717) is 6.10 Å². The monoisotopic (exact) mass is 231 g/mol. The van der Waals surface area contributed by atoms with E-state index in [1.807, 2.05) is 6.26 Å². The van der Waals surface area contributed by atoms with Crippen molar-refractivity contribution in [1.29, 1.82) is 0 Å². The molecule has 1 heterocycles. The molecule has 2 heteroatoms. The van der Waals surface area contributed by atoms with Crippen molar-refractivity contribution >= 4 is 5.69 Å². The van der Waals surface area contributed by atoms with Crippen LogP contribution in [0.2, 0.25) is 0 Å². The van der Waals surface area contributed by atoms with E-state index >= 15 is 0 Å². The second-order valence-corrected chi connectivity index (χ2v) is 4.50. The molecule has 1 aliphatic heterocycles. The zero-order valence-electron chi connectivity index (χ0n) is 10.5. The van der Waals surface area contributed by atoms with Gasteiger partial charge >= 0.3 is 0 Å². The Balaban J connectivity index is 1.91. The number of ether oxygens (including phenoxy) is 1. The van der Waals surface area contributed by atoms with Crippen LogP contribution in [0, 0.1) is 0 Å². The molecule has 17 heavy (non-hydrogen) atoms.